The zero-order valence-corrected chi connectivity index (χ0v) is 14.6. The maximum Gasteiger partial charge on any atom is 0.341 e. The fourth-order valence-corrected chi connectivity index (χ4v) is 2.56. The van der Waals surface area contributed by atoms with Crippen molar-refractivity contribution in [2.24, 2.45) is 0 Å². The minimum Gasteiger partial charge on any atom is -0.494 e. The van der Waals surface area contributed by atoms with Gasteiger partial charge in [-0.1, -0.05) is 18.2 Å². The highest BCUT2D eigenvalue weighted by Crippen LogP contribution is 2.20. The van der Waals surface area contributed by atoms with Gasteiger partial charge in [0, 0.05) is 22.8 Å². The lowest BCUT2D eigenvalue weighted by Gasteiger charge is -2.13. The summed E-state index contributed by atoms with van der Waals surface area (Å²) in [6.45, 7) is 4.02. The van der Waals surface area contributed by atoms with E-state index >= 15 is 0 Å². The molecule has 0 aliphatic carbocycles. The van der Waals surface area contributed by atoms with Crippen molar-refractivity contribution in [2.75, 3.05) is 11.9 Å². The van der Waals surface area contributed by atoms with Gasteiger partial charge in [0.15, 0.2) is 6.10 Å². The van der Waals surface area contributed by atoms with E-state index < -0.39 is 18.0 Å². The van der Waals surface area contributed by atoms with Crippen LogP contribution in [0.25, 0.3) is 10.9 Å². The number of hydrogen-bond donors (Lipinski definition) is 2. The third-order valence-electron chi connectivity index (χ3n) is 3.90. The summed E-state index contributed by atoms with van der Waals surface area (Å²) in [4.78, 5) is 27.6. The van der Waals surface area contributed by atoms with Gasteiger partial charge in [-0.15, -0.1) is 0 Å². The number of nitrogens with one attached hydrogen (secondary N) is 2. The van der Waals surface area contributed by atoms with Crippen LogP contribution in [0.3, 0.4) is 0 Å². The van der Waals surface area contributed by atoms with Gasteiger partial charge in [-0.2, -0.15) is 0 Å². The second kappa shape index (κ2) is 7.74. The van der Waals surface area contributed by atoms with Crippen molar-refractivity contribution in [1.29, 1.82) is 0 Å². The molecule has 2 N–H and O–H groups in total. The normalized spacial score (nSPS) is 11.8. The third kappa shape index (κ3) is 3.85. The quantitative estimate of drug-likeness (QED) is 0.662. The number of carbonyl (C=O) groups is 2. The molecular formula is C20H20N2O4. The van der Waals surface area contributed by atoms with Gasteiger partial charge >= 0.3 is 5.97 Å². The minimum atomic E-state index is -0.928. The largest absolute Gasteiger partial charge is 0.494 e. The highest BCUT2D eigenvalue weighted by atomic mass is 16.5. The van der Waals surface area contributed by atoms with Crippen LogP contribution >= 0.6 is 0 Å². The van der Waals surface area contributed by atoms with Crippen LogP contribution in [0.4, 0.5) is 5.69 Å². The van der Waals surface area contributed by atoms with Crippen LogP contribution in [0, 0.1) is 0 Å². The molecule has 2 aromatic carbocycles. The lowest BCUT2D eigenvalue weighted by atomic mass is 10.2. The number of esters is 1. The molecule has 0 radical (unpaired) electrons. The number of benzene rings is 2. The summed E-state index contributed by atoms with van der Waals surface area (Å²) in [5, 5.41) is 3.48. The van der Waals surface area contributed by atoms with E-state index in [2.05, 4.69) is 10.3 Å². The fourth-order valence-electron chi connectivity index (χ4n) is 2.56. The zero-order chi connectivity index (χ0) is 18.5. The summed E-state index contributed by atoms with van der Waals surface area (Å²) < 4.78 is 10.7. The molecular weight excluding hydrogens is 332 g/mol. The van der Waals surface area contributed by atoms with E-state index in [1.54, 1.807) is 30.5 Å². The molecule has 0 saturated heterocycles. The summed E-state index contributed by atoms with van der Waals surface area (Å²) in [6, 6.07) is 14.4. The monoisotopic (exact) mass is 352 g/mol. The number of para-hydroxylation sites is 1. The predicted octanol–water partition coefficient (Wildman–Crippen LogP) is 3.75. The number of anilines is 1. The molecule has 0 bridgehead atoms. The summed E-state index contributed by atoms with van der Waals surface area (Å²) in [7, 11) is 0. The molecule has 134 valence electrons. The Labute approximate surface area is 151 Å². The van der Waals surface area contributed by atoms with Gasteiger partial charge in [-0.3, -0.25) is 4.79 Å². The summed E-state index contributed by atoms with van der Waals surface area (Å²) in [5.74, 6) is -0.219. The summed E-state index contributed by atoms with van der Waals surface area (Å²) >= 11 is 0. The van der Waals surface area contributed by atoms with Crippen molar-refractivity contribution in [2.45, 2.75) is 20.0 Å². The number of carbonyl (C=O) groups excluding carboxylic acids is 2. The van der Waals surface area contributed by atoms with Crippen LogP contribution in [-0.2, 0) is 9.53 Å². The van der Waals surface area contributed by atoms with Gasteiger partial charge < -0.3 is 19.8 Å². The van der Waals surface area contributed by atoms with Crippen molar-refractivity contribution in [3.05, 3.63) is 60.3 Å². The van der Waals surface area contributed by atoms with Gasteiger partial charge in [0.25, 0.3) is 5.91 Å². The number of fused-ring (bicyclic) bond motifs is 1. The van der Waals surface area contributed by atoms with Crippen LogP contribution in [0.1, 0.15) is 24.2 Å². The first-order valence-electron chi connectivity index (χ1n) is 8.39. The lowest BCUT2D eigenvalue weighted by Crippen LogP contribution is -2.29. The van der Waals surface area contributed by atoms with Crippen molar-refractivity contribution in [3.8, 4) is 5.75 Å². The Hall–Kier alpha value is -3.28. The molecule has 0 spiro atoms. The maximum absolute atomic E-state index is 12.4. The Bertz CT molecular complexity index is 915. The Morgan fingerprint density at radius 2 is 1.85 bits per heavy atom. The van der Waals surface area contributed by atoms with Crippen molar-refractivity contribution in [3.63, 3.8) is 0 Å². The number of aromatic nitrogens is 1. The van der Waals surface area contributed by atoms with Gasteiger partial charge in [-0.25, -0.2) is 4.79 Å². The lowest BCUT2D eigenvalue weighted by molar-refractivity contribution is -0.123. The zero-order valence-electron chi connectivity index (χ0n) is 14.6. The predicted molar refractivity (Wildman–Crippen MR) is 99.4 cm³/mol. The van der Waals surface area contributed by atoms with Crippen LogP contribution in [0.5, 0.6) is 5.75 Å². The molecule has 0 unspecified atom stereocenters. The van der Waals surface area contributed by atoms with E-state index in [0.717, 1.165) is 16.7 Å². The van der Waals surface area contributed by atoms with Gasteiger partial charge in [0.2, 0.25) is 0 Å². The highest BCUT2D eigenvalue weighted by molar-refractivity contribution is 6.05. The number of ether oxygens (including phenoxy) is 2. The summed E-state index contributed by atoms with van der Waals surface area (Å²) in [6.07, 6.45) is 0.659. The highest BCUT2D eigenvalue weighted by Gasteiger charge is 2.21. The molecule has 6 heteroatoms. The molecule has 3 rings (SSSR count). The van der Waals surface area contributed by atoms with E-state index in [9.17, 15) is 9.59 Å². The Morgan fingerprint density at radius 3 is 2.58 bits per heavy atom. The van der Waals surface area contributed by atoms with Gasteiger partial charge in [0.1, 0.15) is 5.75 Å². The van der Waals surface area contributed by atoms with Crippen molar-refractivity contribution >= 4 is 28.5 Å². The minimum absolute atomic E-state index is 0.401. The van der Waals surface area contributed by atoms with E-state index in [0.29, 0.717) is 17.9 Å². The van der Waals surface area contributed by atoms with Crippen molar-refractivity contribution in [1.82, 2.24) is 4.98 Å². The maximum atomic E-state index is 12.4. The molecule has 0 fully saturated rings. The van der Waals surface area contributed by atoms with Crippen molar-refractivity contribution < 1.29 is 19.1 Å². The second-order valence-electron chi connectivity index (χ2n) is 5.74. The van der Waals surface area contributed by atoms with Crippen LogP contribution in [-0.4, -0.2) is 29.6 Å². The molecule has 0 saturated carbocycles. The third-order valence-corrected chi connectivity index (χ3v) is 3.90. The van der Waals surface area contributed by atoms with E-state index in [1.165, 1.54) is 6.92 Å². The first kappa shape index (κ1) is 17.5. The van der Waals surface area contributed by atoms with Gasteiger partial charge in [-0.05, 0) is 44.2 Å². The van der Waals surface area contributed by atoms with Gasteiger partial charge in [0.05, 0.1) is 12.2 Å². The molecule has 1 aromatic heterocycles. The van der Waals surface area contributed by atoms with Crippen LogP contribution in [0.15, 0.2) is 54.7 Å². The number of H-pyrrole nitrogens is 1. The first-order valence-corrected chi connectivity index (χ1v) is 8.39. The summed E-state index contributed by atoms with van der Waals surface area (Å²) in [5.41, 5.74) is 1.85. The number of rotatable bonds is 6. The molecule has 0 aliphatic rings. The molecule has 6 nitrogen and oxygen atoms in total. The second-order valence-corrected chi connectivity index (χ2v) is 5.74. The smallest absolute Gasteiger partial charge is 0.341 e. The van der Waals surface area contributed by atoms with E-state index in [4.69, 9.17) is 9.47 Å². The standard InChI is InChI=1S/C20H20N2O4/c1-3-25-15-10-8-14(9-11-15)22-19(23)13(2)26-20(24)17-12-21-18-7-5-4-6-16(17)18/h4-13,21H,3H2,1-2H3,(H,22,23)/t13-/m0/s1. The van der Waals surface area contributed by atoms with Crippen LogP contribution in [0.2, 0.25) is 0 Å². The average molecular weight is 352 g/mol. The van der Waals surface area contributed by atoms with E-state index in [-0.39, 0.29) is 0 Å². The van der Waals surface area contributed by atoms with Crippen LogP contribution < -0.4 is 10.1 Å². The Balaban J connectivity index is 1.62. The Morgan fingerprint density at radius 1 is 1.12 bits per heavy atom. The molecule has 0 aliphatic heterocycles. The first-order chi connectivity index (χ1) is 12.6. The molecule has 26 heavy (non-hydrogen) atoms. The molecule has 1 atom stereocenters. The van der Waals surface area contributed by atoms with E-state index in [1.807, 2.05) is 31.2 Å². The number of amides is 1. The number of aromatic amines is 1. The molecule has 1 heterocycles. The molecule has 3 aromatic rings. The topological polar surface area (TPSA) is 80.4 Å². The SMILES string of the molecule is CCOc1ccc(NC(=O)[C@H](C)OC(=O)c2c[nH]c3ccccc23)cc1. The average Bonchev–Trinajstić information content (AvgIpc) is 3.07. The number of hydrogen-bond acceptors (Lipinski definition) is 4. The molecule has 1 amide bonds. The fraction of sp³-hybridized carbons (Fsp3) is 0.200. The Kier molecular flexibility index (Phi) is 5.22.